The molecule has 0 aliphatic rings. The molecule has 6 nitrogen and oxygen atoms in total. The Bertz CT molecular complexity index is 1130. The van der Waals surface area contributed by atoms with Gasteiger partial charge in [0.2, 0.25) is 11.1 Å². The third-order valence-corrected chi connectivity index (χ3v) is 4.96. The Kier molecular flexibility index (Phi) is 5.03. The molecule has 0 aliphatic heterocycles. The number of benzene rings is 2. The number of fused-ring (bicyclic) bond motifs is 1. The van der Waals surface area contributed by atoms with Crippen LogP contribution in [0.3, 0.4) is 0 Å². The molecule has 0 aliphatic carbocycles. The van der Waals surface area contributed by atoms with Gasteiger partial charge in [0.25, 0.3) is 0 Å². The van der Waals surface area contributed by atoms with E-state index < -0.39 is 0 Å². The van der Waals surface area contributed by atoms with E-state index in [-0.39, 0.29) is 17.5 Å². The van der Waals surface area contributed by atoms with Crippen LogP contribution in [-0.2, 0) is 4.79 Å². The summed E-state index contributed by atoms with van der Waals surface area (Å²) in [5.41, 5.74) is 4.11. The molecule has 140 valence electrons. The fourth-order valence-electron chi connectivity index (χ4n) is 2.60. The predicted octanol–water partition coefficient (Wildman–Crippen LogP) is 3.97. The van der Waals surface area contributed by atoms with Crippen molar-refractivity contribution in [1.82, 2.24) is 19.8 Å². The van der Waals surface area contributed by atoms with Crippen molar-refractivity contribution in [3.63, 3.8) is 0 Å². The van der Waals surface area contributed by atoms with Crippen LogP contribution >= 0.6 is 11.8 Å². The maximum Gasteiger partial charge on any atom is 0.234 e. The summed E-state index contributed by atoms with van der Waals surface area (Å²) in [4.78, 5) is 12.1. The first-order valence-electron chi connectivity index (χ1n) is 8.56. The number of carbonyl (C=O) groups is 1. The van der Waals surface area contributed by atoms with Crippen LogP contribution in [0.2, 0.25) is 0 Å². The first-order valence-corrected chi connectivity index (χ1v) is 9.55. The SMILES string of the molecule is Cc1ccc(-c2ccc3nnc(SCC(=O)Nc4ccc(F)cc4)n3n2)cc1. The van der Waals surface area contributed by atoms with E-state index in [1.807, 2.05) is 43.3 Å². The second-order valence-corrected chi connectivity index (χ2v) is 7.12. The van der Waals surface area contributed by atoms with E-state index in [2.05, 4.69) is 20.6 Å². The van der Waals surface area contributed by atoms with Gasteiger partial charge < -0.3 is 5.32 Å². The van der Waals surface area contributed by atoms with Crippen LogP contribution in [0.1, 0.15) is 5.56 Å². The summed E-state index contributed by atoms with van der Waals surface area (Å²) in [6.07, 6.45) is 0. The fourth-order valence-corrected chi connectivity index (χ4v) is 3.29. The van der Waals surface area contributed by atoms with Gasteiger partial charge in [-0.05, 0) is 43.3 Å². The number of nitrogens with one attached hydrogen (secondary N) is 1. The maximum absolute atomic E-state index is 12.9. The zero-order chi connectivity index (χ0) is 19.5. The standard InChI is InChI=1S/C20H16FN5OS/c1-13-2-4-14(5-3-13)17-10-11-18-23-24-20(26(18)25-17)28-12-19(27)22-16-8-6-15(21)7-9-16/h2-11H,12H2,1H3,(H,22,27). The van der Waals surface area contributed by atoms with Crippen molar-refractivity contribution in [2.45, 2.75) is 12.1 Å². The molecule has 0 saturated carbocycles. The summed E-state index contributed by atoms with van der Waals surface area (Å²) in [5.74, 6) is -0.435. The molecule has 4 rings (SSSR count). The molecule has 2 aromatic heterocycles. The summed E-state index contributed by atoms with van der Waals surface area (Å²) >= 11 is 1.23. The van der Waals surface area contributed by atoms with Crippen molar-refractivity contribution in [1.29, 1.82) is 0 Å². The monoisotopic (exact) mass is 393 g/mol. The molecule has 1 amide bonds. The number of rotatable bonds is 5. The highest BCUT2D eigenvalue weighted by Gasteiger charge is 2.12. The molecule has 0 atom stereocenters. The van der Waals surface area contributed by atoms with Gasteiger partial charge in [-0.3, -0.25) is 4.79 Å². The summed E-state index contributed by atoms with van der Waals surface area (Å²) in [6, 6.07) is 17.4. The van der Waals surface area contributed by atoms with E-state index in [9.17, 15) is 9.18 Å². The number of anilines is 1. The first kappa shape index (κ1) is 18.1. The van der Waals surface area contributed by atoms with E-state index in [0.717, 1.165) is 11.3 Å². The van der Waals surface area contributed by atoms with Gasteiger partial charge in [0.15, 0.2) is 5.65 Å². The Morgan fingerprint density at radius 3 is 2.54 bits per heavy atom. The quantitative estimate of drug-likeness (QED) is 0.520. The maximum atomic E-state index is 12.9. The zero-order valence-corrected chi connectivity index (χ0v) is 15.8. The number of thioether (sulfide) groups is 1. The number of hydrogen-bond donors (Lipinski definition) is 1. The topological polar surface area (TPSA) is 72.2 Å². The van der Waals surface area contributed by atoms with Crippen LogP contribution in [-0.4, -0.2) is 31.5 Å². The smallest absolute Gasteiger partial charge is 0.234 e. The van der Waals surface area contributed by atoms with Gasteiger partial charge in [0.1, 0.15) is 5.82 Å². The van der Waals surface area contributed by atoms with E-state index in [0.29, 0.717) is 16.5 Å². The highest BCUT2D eigenvalue weighted by molar-refractivity contribution is 7.99. The third kappa shape index (κ3) is 4.01. The lowest BCUT2D eigenvalue weighted by Crippen LogP contribution is -2.14. The van der Waals surface area contributed by atoms with Gasteiger partial charge in [-0.2, -0.15) is 9.61 Å². The Morgan fingerprint density at radius 1 is 1.04 bits per heavy atom. The molecule has 0 unspecified atom stereocenters. The molecule has 4 aromatic rings. The average molecular weight is 393 g/mol. The molecule has 8 heteroatoms. The van der Waals surface area contributed by atoms with E-state index in [1.54, 1.807) is 4.52 Å². The summed E-state index contributed by atoms with van der Waals surface area (Å²) < 4.78 is 14.6. The number of nitrogens with zero attached hydrogens (tertiary/aromatic N) is 4. The van der Waals surface area contributed by atoms with Crippen molar-refractivity contribution in [2.75, 3.05) is 11.1 Å². The number of aromatic nitrogens is 4. The molecular formula is C20H16FN5OS. The van der Waals surface area contributed by atoms with E-state index >= 15 is 0 Å². The molecule has 0 saturated heterocycles. The van der Waals surface area contributed by atoms with Crippen LogP contribution in [0.15, 0.2) is 65.8 Å². The molecule has 28 heavy (non-hydrogen) atoms. The highest BCUT2D eigenvalue weighted by Crippen LogP contribution is 2.21. The van der Waals surface area contributed by atoms with Crippen LogP contribution < -0.4 is 5.32 Å². The lowest BCUT2D eigenvalue weighted by molar-refractivity contribution is -0.113. The molecule has 2 aromatic carbocycles. The lowest BCUT2D eigenvalue weighted by Gasteiger charge is -2.05. The largest absolute Gasteiger partial charge is 0.325 e. The van der Waals surface area contributed by atoms with Crippen molar-refractivity contribution in [3.05, 3.63) is 72.0 Å². The van der Waals surface area contributed by atoms with Gasteiger partial charge in [-0.15, -0.1) is 10.2 Å². The van der Waals surface area contributed by atoms with Crippen molar-refractivity contribution < 1.29 is 9.18 Å². The number of carbonyl (C=O) groups excluding carboxylic acids is 1. The molecule has 0 fully saturated rings. The van der Waals surface area contributed by atoms with Gasteiger partial charge in [-0.1, -0.05) is 41.6 Å². The number of hydrogen-bond acceptors (Lipinski definition) is 5. The van der Waals surface area contributed by atoms with Crippen LogP contribution in [0.25, 0.3) is 16.9 Å². The molecule has 0 spiro atoms. The van der Waals surface area contributed by atoms with Crippen molar-refractivity contribution >= 4 is 29.0 Å². The molecule has 0 bridgehead atoms. The molecule has 2 heterocycles. The number of halogens is 1. The predicted molar refractivity (Wildman–Crippen MR) is 107 cm³/mol. The minimum absolute atomic E-state index is 0.134. The Hall–Kier alpha value is -3.26. The van der Waals surface area contributed by atoms with Crippen molar-refractivity contribution in [3.8, 4) is 11.3 Å². The molecule has 0 radical (unpaired) electrons. The molecule has 1 N–H and O–H groups in total. The average Bonchev–Trinajstić information content (AvgIpc) is 3.11. The minimum atomic E-state index is -0.349. The fraction of sp³-hybridized carbons (Fsp3) is 0.100. The van der Waals surface area contributed by atoms with Crippen LogP contribution in [0.4, 0.5) is 10.1 Å². The zero-order valence-electron chi connectivity index (χ0n) is 15.0. The Balaban J connectivity index is 1.49. The second-order valence-electron chi connectivity index (χ2n) is 6.18. The lowest BCUT2D eigenvalue weighted by atomic mass is 10.1. The normalized spacial score (nSPS) is 10.9. The third-order valence-electron chi connectivity index (χ3n) is 4.04. The van der Waals surface area contributed by atoms with Gasteiger partial charge in [0.05, 0.1) is 11.4 Å². The Labute approximate surface area is 164 Å². The number of aryl methyl sites for hydroxylation is 1. The molecular weight excluding hydrogens is 377 g/mol. The summed E-state index contributed by atoms with van der Waals surface area (Å²) in [6.45, 7) is 2.03. The first-order chi connectivity index (χ1) is 13.6. The van der Waals surface area contributed by atoms with Crippen molar-refractivity contribution in [2.24, 2.45) is 0 Å². The highest BCUT2D eigenvalue weighted by atomic mass is 32.2. The van der Waals surface area contributed by atoms with Gasteiger partial charge in [0, 0.05) is 11.3 Å². The minimum Gasteiger partial charge on any atom is -0.325 e. The Morgan fingerprint density at radius 2 is 1.79 bits per heavy atom. The van der Waals surface area contributed by atoms with Gasteiger partial charge >= 0.3 is 0 Å². The van der Waals surface area contributed by atoms with E-state index in [1.165, 1.54) is 41.6 Å². The second kappa shape index (κ2) is 7.77. The summed E-state index contributed by atoms with van der Waals surface area (Å²) in [7, 11) is 0. The number of amides is 1. The van der Waals surface area contributed by atoms with Crippen LogP contribution in [0.5, 0.6) is 0 Å². The van der Waals surface area contributed by atoms with E-state index in [4.69, 9.17) is 0 Å². The summed E-state index contributed by atoms with van der Waals surface area (Å²) in [5, 5.41) is 16.1. The van der Waals surface area contributed by atoms with Crippen LogP contribution in [0, 0.1) is 12.7 Å². The van der Waals surface area contributed by atoms with Gasteiger partial charge in [-0.25, -0.2) is 4.39 Å².